The smallest absolute Gasteiger partial charge is 0.195 e. The summed E-state index contributed by atoms with van der Waals surface area (Å²) in [5, 5.41) is 6.62. The predicted octanol–water partition coefficient (Wildman–Crippen LogP) is 15.9. The molecule has 12 rings (SSSR count). The van der Waals surface area contributed by atoms with Crippen molar-refractivity contribution in [3.63, 3.8) is 0 Å². The summed E-state index contributed by atoms with van der Waals surface area (Å²) >= 11 is 3.30. The number of para-hydroxylation sites is 3. The third-order valence-corrected chi connectivity index (χ3v) is 12.8. The van der Waals surface area contributed by atoms with E-state index in [9.17, 15) is 0 Å². The molecule has 306 valence electrons. The molecule has 12 aromatic rings. The van der Waals surface area contributed by atoms with Gasteiger partial charge in [-0.2, -0.15) is 0 Å². The van der Waals surface area contributed by atoms with Crippen molar-refractivity contribution < 1.29 is 0 Å². The molecule has 4 heterocycles. The lowest BCUT2D eigenvalue weighted by molar-refractivity contribution is 1.14. The molecular formula is C56H40N6S2. The molecule has 8 heteroatoms. The summed E-state index contributed by atoms with van der Waals surface area (Å²) in [6.07, 6.45) is 4.20. The zero-order valence-electron chi connectivity index (χ0n) is 34.6. The summed E-state index contributed by atoms with van der Waals surface area (Å²) in [7, 11) is 0. The van der Waals surface area contributed by atoms with Gasteiger partial charge >= 0.3 is 0 Å². The van der Waals surface area contributed by atoms with Gasteiger partial charge in [-0.1, -0.05) is 170 Å². The molecule has 0 amide bonds. The lowest BCUT2D eigenvalue weighted by Crippen LogP contribution is -2.13. The van der Waals surface area contributed by atoms with Crippen molar-refractivity contribution in [2.24, 2.45) is 0 Å². The molecule has 8 aromatic carbocycles. The van der Waals surface area contributed by atoms with Gasteiger partial charge in [0.2, 0.25) is 0 Å². The number of nitrogens with zero attached hydrogens (tertiary/aromatic N) is 6. The Bertz CT molecular complexity index is 3390. The van der Waals surface area contributed by atoms with Crippen molar-refractivity contribution in [3.8, 4) is 33.6 Å². The molecule has 0 fully saturated rings. The second-order valence-electron chi connectivity index (χ2n) is 15.2. The monoisotopic (exact) mass is 860 g/mol. The Morgan fingerprint density at radius 1 is 0.328 bits per heavy atom. The molecule has 0 aliphatic carbocycles. The zero-order chi connectivity index (χ0) is 42.7. The largest absolute Gasteiger partial charge is 0.294 e. The molecule has 0 aliphatic heterocycles. The van der Waals surface area contributed by atoms with E-state index in [4.69, 9.17) is 9.97 Å². The second kappa shape index (κ2) is 17.4. The summed E-state index contributed by atoms with van der Waals surface area (Å²) < 4.78 is 4.38. The zero-order valence-corrected chi connectivity index (χ0v) is 36.2. The van der Waals surface area contributed by atoms with Crippen LogP contribution in [0.25, 0.3) is 54.3 Å². The molecule has 0 radical (unpaired) electrons. The minimum Gasteiger partial charge on any atom is -0.294 e. The van der Waals surface area contributed by atoms with Crippen LogP contribution >= 0.6 is 22.7 Å². The van der Waals surface area contributed by atoms with Crippen LogP contribution in [0.1, 0.15) is 0 Å². The van der Waals surface area contributed by atoms with Crippen molar-refractivity contribution in [1.82, 2.24) is 18.8 Å². The van der Waals surface area contributed by atoms with Crippen LogP contribution in [0.15, 0.2) is 242 Å². The van der Waals surface area contributed by atoms with E-state index in [2.05, 4.69) is 236 Å². The number of hydrogen-bond acceptors (Lipinski definition) is 6. The van der Waals surface area contributed by atoms with Crippen LogP contribution in [-0.4, -0.2) is 18.8 Å². The number of thiazole rings is 2. The van der Waals surface area contributed by atoms with Crippen LogP contribution in [0.4, 0.5) is 34.4 Å². The molecule has 0 spiro atoms. The molecule has 4 aromatic heterocycles. The average Bonchev–Trinajstić information content (AvgIpc) is 4.18. The van der Waals surface area contributed by atoms with Crippen LogP contribution in [0.3, 0.4) is 0 Å². The van der Waals surface area contributed by atoms with E-state index in [0.717, 1.165) is 66.8 Å². The van der Waals surface area contributed by atoms with Crippen LogP contribution in [0.2, 0.25) is 0 Å². The first-order chi connectivity index (χ1) is 31.8. The lowest BCUT2D eigenvalue weighted by Gasteiger charge is -2.26. The maximum absolute atomic E-state index is 5.06. The Hall–Kier alpha value is -8.04. The molecule has 0 unspecified atom stereocenters. The maximum Gasteiger partial charge on any atom is 0.195 e. The fraction of sp³-hybridized carbons (Fsp3) is 0. The van der Waals surface area contributed by atoms with E-state index < -0.39 is 0 Å². The molecule has 64 heavy (non-hydrogen) atoms. The van der Waals surface area contributed by atoms with Crippen molar-refractivity contribution in [2.75, 3.05) is 9.80 Å². The average molecular weight is 861 g/mol. The topological polar surface area (TPSA) is 41.1 Å². The summed E-state index contributed by atoms with van der Waals surface area (Å²) in [5.41, 5.74) is 11.0. The van der Waals surface area contributed by atoms with Gasteiger partial charge in [0.25, 0.3) is 0 Å². The van der Waals surface area contributed by atoms with E-state index in [1.165, 1.54) is 21.9 Å². The van der Waals surface area contributed by atoms with Gasteiger partial charge < -0.3 is 0 Å². The summed E-state index contributed by atoms with van der Waals surface area (Å²) in [6.45, 7) is 0. The highest BCUT2D eigenvalue weighted by atomic mass is 32.1. The highest BCUT2D eigenvalue weighted by Gasteiger charge is 2.25. The Balaban J connectivity index is 0.000000143. The minimum atomic E-state index is 0.967. The fourth-order valence-electron chi connectivity index (χ4n) is 8.24. The molecule has 0 saturated carbocycles. The highest BCUT2D eigenvalue weighted by Crippen LogP contribution is 2.44. The van der Waals surface area contributed by atoms with Crippen molar-refractivity contribution >= 4 is 77.8 Å². The molecule has 0 N–H and O–H groups in total. The third kappa shape index (κ3) is 7.51. The van der Waals surface area contributed by atoms with Crippen LogP contribution in [0, 0.1) is 0 Å². The second-order valence-corrected chi connectivity index (χ2v) is 16.9. The SMILES string of the molecule is c1ccc(-c2ccc(-c3nc4sccn4c3N(c3ccccc3)c3ccccc3)cc2)cc1.c1ccc(-c2nc3sccn3c2N(c2ccccc2)c2ccc3ccccc3c2)cc1. The number of anilines is 6. The lowest BCUT2D eigenvalue weighted by atomic mass is 10.0. The van der Waals surface area contributed by atoms with Crippen molar-refractivity contribution in [2.45, 2.75) is 0 Å². The van der Waals surface area contributed by atoms with Crippen LogP contribution < -0.4 is 9.80 Å². The van der Waals surface area contributed by atoms with Gasteiger partial charge in [-0.3, -0.25) is 18.6 Å². The van der Waals surface area contributed by atoms with Gasteiger partial charge in [0.1, 0.15) is 11.4 Å². The number of rotatable bonds is 9. The van der Waals surface area contributed by atoms with E-state index in [-0.39, 0.29) is 0 Å². The van der Waals surface area contributed by atoms with Crippen LogP contribution in [-0.2, 0) is 0 Å². The summed E-state index contributed by atoms with van der Waals surface area (Å²) in [5.74, 6) is 2.08. The van der Waals surface area contributed by atoms with Crippen molar-refractivity contribution in [1.29, 1.82) is 0 Å². The number of imidazole rings is 2. The Labute approximate surface area is 379 Å². The highest BCUT2D eigenvalue weighted by molar-refractivity contribution is 7.15. The quantitative estimate of drug-likeness (QED) is 0.145. The Kier molecular flexibility index (Phi) is 10.5. The van der Waals surface area contributed by atoms with Gasteiger partial charge in [-0.05, 0) is 70.4 Å². The Morgan fingerprint density at radius 2 is 0.703 bits per heavy atom. The summed E-state index contributed by atoms with van der Waals surface area (Å²) in [6, 6.07) is 76.2. The van der Waals surface area contributed by atoms with E-state index in [0.29, 0.717) is 0 Å². The first-order valence-electron chi connectivity index (χ1n) is 21.1. The predicted molar refractivity (Wildman–Crippen MR) is 269 cm³/mol. The number of aromatic nitrogens is 4. The van der Waals surface area contributed by atoms with E-state index >= 15 is 0 Å². The van der Waals surface area contributed by atoms with Gasteiger partial charge in [0.05, 0.1) is 0 Å². The van der Waals surface area contributed by atoms with Gasteiger partial charge in [-0.25, -0.2) is 9.97 Å². The summed E-state index contributed by atoms with van der Waals surface area (Å²) in [4.78, 5) is 16.6. The maximum atomic E-state index is 5.06. The van der Waals surface area contributed by atoms with Gasteiger partial charge in [0.15, 0.2) is 21.6 Å². The Morgan fingerprint density at radius 3 is 1.20 bits per heavy atom. The first kappa shape index (κ1) is 38.9. The third-order valence-electron chi connectivity index (χ3n) is 11.2. The number of benzene rings is 8. The number of hydrogen-bond donors (Lipinski definition) is 0. The van der Waals surface area contributed by atoms with Gasteiger partial charge in [-0.15, -0.1) is 22.7 Å². The standard InChI is InChI=1S/C29H21N3S.C27H19N3S/c1-4-10-22(11-5-1)23-16-18-24(19-17-23)27-28(31-20-21-33-29(31)30-27)32(25-12-6-2-7-13-25)26-14-8-3-9-15-26;1-3-10-21(11-4-1)25-26(29-17-18-31-27(29)28-25)30(23-13-5-2-6-14-23)24-16-15-20-9-7-8-12-22(20)19-24/h1-21H;1-19H. The molecule has 6 nitrogen and oxygen atoms in total. The van der Waals surface area contributed by atoms with Gasteiger partial charge in [0, 0.05) is 57.0 Å². The molecule has 0 bridgehead atoms. The van der Waals surface area contributed by atoms with Crippen molar-refractivity contribution in [3.05, 3.63) is 242 Å². The normalized spacial score (nSPS) is 11.1. The van der Waals surface area contributed by atoms with Crippen LogP contribution in [0.5, 0.6) is 0 Å². The first-order valence-corrected chi connectivity index (χ1v) is 22.9. The molecule has 0 aliphatic rings. The van der Waals surface area contributed by atoms with E-state index in [1.54, 1.807) is 22.7 Å². The molecule has 0 atom stereocenters. The number of fused-ring (bicyclic) bond motifs is 3. The molecular weight excluding hydrogens is 821 g/mol. The minimum absolute atomic E-state index is 0.967. The van der Waals surface area contributed by atoms with E-state index in [1.807, 2.05) is 24.3 Å². The fourth-order valence-corrected chi connectivity index (χ4v) is 9.66. The molecule has 0 saturated heterocycles.